The number of benzene rings is 2. The lowest BCUT2D eigenvalue weighted by molar-refractivity contribution is 0.145. The minimum atomic E-state index is -0.293. The molecule has 0 saturated heterocycles. The van der Waals surface area contributed by atoms with E-state index in [0.29, 0.717) is 17.9 Å². The number of hydrogen-bond donors (Lipinski definition) is 0. The monoisotopic (exact) mass is 272 g/mol. The SMILES string of the molecule is Cc1ccc2c(c1)CC(COc1cccc(C)c1F)O2. The Balaban J connectivity index is 1.65. The lowest BCUT2D eigenvalue weighted by atomic mass is 10.1. The summed E-state index contributed by atoms with van der Waals surface area (Å²) in [6, 6.07) is 11.3. The van der Waals surface area contributed by atoms with Gasteiger partial charge in [-0.3, -0.25) is 0 Å². The Morgan fingerprint density at radius 1 is 1.25 bits per heavy atom. The first-order valence-corrected chi connectivity index (χ1v) is 6.77. The second kappa shape index (κ2) is 5.16. The van der Waals surface area contributed by atoms with Gasteiger partial charge in [0.2, 0.25) is 0 Å². The maximum Gasteiger partial charge on any atom is 0.167 e. The molecule has 2 nitrogen and oxygen atoms in total. The molecule has 1 unspecified atom stereocenters. The van der Waals surface area contributed by atoms with Crippen molar-refractivity contribution in [2.45, 2.75) is 26.4 Å². The van der Waals surface area contributed by atoms with Gasteiger partial charge < -0.3 is 9.47 Å². The number of hydrogen-bond acceptors (Lipinski definition) is 2. The van der Waals surface area contributed by atoms with Crippen molar-refractivity contribution in [1.29, 1.82) is 0 Å². The number of rotatable bonds is 3. The fraction of sp³-hybridized carbons (Fsp3) is 0.294. The van der Waals surface area contributed by atoms with Crippen LogP contribution in [0.2, 0.25) is 0 Å². The summed E-state index contributed by atoms with van der Waals surface area (Å²) >= 11 is 0. The Morgan fingerprint density at radius 2 is 2.10 bits per heavy atom. The van der Waals surface area contributed by atoms with E-state index in [9.17, 15) is 4.39 Å². The van der Waals surface area contributed by atoms with E-state index in [1.807, 2.05) is 12.1 Å². The van der Waals surface area contributed by atoms with Crippen LogP contribution in [0.1, 0.15) is 16.7 Å². The average Bonchev–Trinajstić information content (AvgIpc) is 2.82. The zero-order valence-corrected chi connectivity index (χ0v) is 11.7. The number of fused-ring (bicyclic) bond motifs is 1. The van der Waals surface area contributed by atoms with Crippen molar-refractivity contribution < 1.29 is 13.9 Å². The molecule has 1 aliphatic rings. The molecule has 0 radical (unpaired) electrons. The highest BCUT2D eigenvalue weighted by Gasteiger charge is 2.23. The third-order valence-electron chi connectivity index (χ3n) is 3.54. The van der Waals surface area contributed by atoms with E-state index in [4.69, 9.17) is 9.47 Å². The summed E-state index contributed by atoms with van der Waals surface area (Å²) in [5.41, 5.74) is 3.01. The Hall–Kier alpha value is -2.03. The fourth-order valence-corrected chi connectivity index (χ4v) is 2.46. The van der Waals surface area contributed by atoms with E-state index in [1.54, 1.807) is 25.1 Å². The summed E-state index contributed by atoms with van der Waals surface area (Å²) in [7, 11) is 0. The van der Waals surface area contributed by atoms with Gasteiger partial charge in [0.15, 0.2) is 11.6 Å². The Bertz CT molecular complexity index is 637. The van der Waals surface area contributed by atoms with Crippen molar-refractivity contribution in [3.8, 4) is 11.5 Å². The predicted octanol–water partition coefficient (Wildman–Crippen LogP) is 3.83. The smallest absolute Gasteiger partial charge is 0.167 e. The summed E-state index contributed by atoms with van der Waals surface area (Å²) in [4.78, 5) is 0. The lowest BCUT2D eigenvalue weighted by Crippen LogP contribution is -2.22. The van der Waals surface area contributed by atoms with Crippen LogP contribution in [-0.4, -0.2) is 12.7 Å². The molecule has 0 aromatic heterocycles. The molecule has 104 valence electrons. The molecule has 0 amide bonds. The van der Waals surface area contributed by atoms with Gasteiger partial charge >= 0.3 is 0 Å². The van der Waals surface area contributed by atoms with Gasteiger partial charge in [-0.25, -0.2) is 4.39 Å². The highest BCUT2D eigenvalue weighted by Crippen LogP contribution is 2.30. The summed E-state index contributed by atoms with van der Waals surface area (Å²) in [6.45, 7) is 4.15. The topological polar surface area (TPSA) is 18.5 Å². The van der Waals surface area contributed by atoms with Crippen LogP contribution >= 0.6 is 0 Å². The third kappa shape index (κ3) is 2.48. The number of aryl methyl sites for hydroxylation is 2. The van der Waals surface area contributed by atoms with Crippen molar-refractivity contribution >= 4 is 0 Å². The molecule has 0 spiro atoms. The molecule has 20 heavy (non-hydrogen) atoms. The molecule has 1 aliphatic heterocycles. The standard InChI is InChI=1S/C17H17FO2/c1-11-6-7-15-13(8-11)9-14(20-15)10-19-16-5-3-4-12(2)17(16)18/h3-8,14H,9-10H2,1-2H3. The van der Waals surface area contributed by atoms with Crippen molar-refractivity contribution in [3.05, 3.63) is 58.9 Å². The quantitative estimate of drug-likeness (QED) is 0.845. The maximum absolute atomic E-state index is 13.8. The van der Waals surface area contributed by atoms with Gasteiger partial charge in [-0.15, -0.1) is 0 Å². The molecule has 2 aromatic rings. The summed E-state index contributed by atoms with van der Waals surface area (Å²) < 4.78 is 25.2. The van der Waals surface area contributed by atoms with Crippen LogP contribution in [0.15, 0.2) is 36.4 Å². The molecular weight excluding hydrogens is 255 g/mol. The van der Waals surface area contributed by atoms with E-state index < -0.39 is 0 Å². The molecule has 0 bridgehead atoms. The molecule has 3 heteroatoms. The van der Waals surface area contributed by atoms with Crippen LogP contribution in [0.3, 0.4) is 0 Å². The van der Waals surface area contributed by atoms with Crippen LogP contribution in [0.5, 0.6) is 11.5 Å². The highest BCUT2D eigenvalue weighted by atomic mass is 19.1. The number of halogens is 1. The molecule has 0 aliphatic carbocycles. The van der Waals surface area contributed by atoms with Gasteiger partial charge in [0.1, 0.15) is 18.5 Å². The van der Waals surface area contributed by atoms with Crippen LogP contribution in [0.25, 0.3) is 0 Å². The molecule has 2 aromatic carbocycles. The van der Waals surface area contributed by atoms with Crippen LogP contribution in [-0.2, 0) is 6.42 Å². The number of ether oxygens (including phenoxy) is 2. The Labute approximate surface area is 118 Å². The molecule has 0 saturated carbocycles. The highest BCUT2D eigenvalue weighted by molar-refractivity contribution is 5.40. The van der Waals surface area contributed by atoms with E-state index in [-0.39, 0.29) is 11.9 Å². The van der Waals surface area contributed by atoms with E-state index in [1.165, 1.54) is 11.1 Å². The Morgan fingerprint density at radius 3 is 2.95 bits per heavy atom. The van der Waals surface area contributed by atoms with Gasteiger partial charge in [-0.2, -0.15) is 0 Å². The second-order valence-corrected chi connectivity index (χ2v) is 5.25. The van der Waals surface area contributed by atoms with Crippen LogP contribution in [0, 0.1) is 19.7 Å². The maximum atomic E-state index is 13.8. The van der Waals surface area contributed by atoms with Gasteiger partial charge in [-0.05, 0) is 37.1 Å². The summed E-state index contributed by atoms with van der Waals surface area (Å²) in [5.74, 6) is 0.911. The van der Waals surface area contributed by atoms with E-state index in [0.717, 1.165) is 12.2 Å². The Kier molecular flexibility index (Phi) is 3.35. The van der Waals surface area contributed by atoms with Crippen molar-refractivity contribution in [1.82, 2.24) is 0 Å². The molecule has 0 N–H and O–H groups in total. The van der Waals surface area contributed by atoms with Gasteiger partial charge in [0.05, 0.1) is 0 Å². The van der Waals surface area contributed by atoms with E-state index in [2.05, 4.69) is 13.0 Å². The molecular formula is C17H17FO2. The summed E-state index contributed by atoms with van der Waals surface area (Å²) in [6.07, 6.45) is 0.761. The van der Waals surface area contributed by atoms with Crippen molar-refractivity contribution in [3.63, 3.8) is 0 Å². The van der Waals surface area contributed by atoms with Gasteiger partial charge in [0, 0.05) is 6.42 Å². The molecule has 1 atom stereocenters. The first-order valence-electron chi connectivity index (χ1n) is 6.77. The van der Waals surface area contributed by atoms with Crippen LogP contribution in [0.4, 0.5) is 4.39 Å². The fourth-order valence-electron chi connectivity index (χ4n) is 2.46. The van der Waals surface area contributed by atoms with Gasteiger partial charge in [-0.1, -0.05) is 29.8 Å². The molecule has 0 fully saturated rings. The molecule has 3 rings (SSSR count). The normalized spacial score (nSPS) is 16.6. The van der Waals surface area contributed by atoms with Crippen molar-refractivity contribution in [2.75, 3.05) is 6.61 Å². The lowest BCUT2D eigenvalue weighted by Gasteiger charge is -2.13. The largest absolute Gasteiger partial charge is 0.487 e. The minimum Gasteiger partial charge on any atom is -0.487 e. The average molecular weight is 272 g/mol. The third-order valence-corrected chi connectivity index (χ3v) is 3.54. The first-order chi connectivity index (χ1) is 9.63. The first kappa shape index (κ1) is 13.0. The predicted molar refractivity (Wildman–Crippen MR) is 75.9 cm³/mol. The van der Waals surface area contributed by atoms with Crippen molar-refractivity contribution in [2.24, 2.45) is 0 Å². The van der Waals surface area contributed by atoms with E-state index >= 15 is 0 Å². The second-order valence-electron chi connectivity index (χ2n) is 5.25. The molecule has 1 heterocycles. The zero-order valence-electron chi connectivity index (χ0n) is 11.7. The van der Waals surface area contributed by atoms with Crippen LogP contribution < -0.4 is 9.47 Å². The van der Waals surface area contributed by atoms with Gasteiger partial charge in [0.25, 0.3) is 0 Å². The minimum absolute atomic E-state index is 0.0493. The zero-order chi connectivity index (χ0) is 14.1. The summed E-state index contributed by atoms with van der Waals surface area (Å²) in [5, 5.41) is 0.